The van der Waals surface area contributed by atoms with Crippen LogP contribution in [0.1, 0.15) is 77.2 Å². The number of unbranched alkanes of at least 4 members (excludes halogenated alkanes) is 1. The molecule has 1 aromatic carbocycles. The first-order valence-corrected chi connectivity index (χ1v) is 13.7. The minimum absolute atomic E-state index is 0.139. The van der Waals surface area contributed by atoms with E-state index in [2.05, 4.69) is 31.4 Å². The number of fused-ring (bicyclic) bond motifs is 1. The molecule has 2 N–H and O–H groups in total. The molecule has 5 atom stereocenters. The standard InChI is InChI=1S/C29H39N3O4/c1-4-5-17-32-25(27(34)31-20-9-7-6-8-10-20)29-16-15-22(36-29)23(24(29)28(32)35)26(33)30-21-13-11-19(12-14-21)18(2)3/h11-16,18,20,22-25H,4-10,17H2,1-3H3,(H,30,33)(H,31,34)/t22-,23-,24-,25+,29-/m0/s1. The molecule has 194 valence electrons. The second-order valence-corrected chi connectivity index (χ2v) is 11.2. The maximum absolute atomic E-state index is 13.8. The number of hydrogen-bond acceptors (Lipinski definition) is 4. The van der Waals surface area contributed by atoms with Gasteiger partial charge < -0.3 is 20.3 Å². The third-order valence-corrected chi connectivity index (χ3v) is 8.47. The summed E-state index contributed by atoms with van der Waals surface area (Å²) in [5, 5.41) is 6.24. The summed E-state index contributed by atoms with van der Waals surface area (Å²) in [7, 11) is 0. The van der Waals surface area contributed by atoms with Crippen LogP contribution in [-0.4, -0.2) is 53.0 Å². The molecule has 2 saturated heterocycles. The van der Waals surface area contributed by atoms with Crippen LogP contribution in [0.2, 0.25) is 0 Å². The van der Waals surface area contributed by atoms with Crippen molar-refractivity contribution in [2.24, 2.45) is 11.8 Å². The number of carbonyl (C=O) groups excluding carboxylic acids is 3. The number of carbonyl (C=O) groups is 3. The van der Waals surface area contributed by atoms with Crippen LogP contribution in [0.15, 0.2) is 36.4 Å². The molecule has 1 aliphatic carbocycles. The van der Waals surface area contributed by atoms with Gasteiger partial charge >= 0.3 is 0 Å². The van der Waals surface area contributed by atoms with E-state index in [1.807, 2.05) is 36.4 Å². The van der Waals surface area contributed by atoms with Gasteiger partial charge in [0.15, 0.2) is 0 Å². The van der Waals surface area contributed by atoms with Crippen LogP contribution in [0.5, 0.6) is 0 Å². The zero-order valence-corrected chi connectivity index (χ0v) is 21.7. The number of benzene rings is 1. The highest BCUT2D eigenvalue weighted by molar-refractivity contribution is 6.02. The summed E-state index contributed by atoms with van der Waals surface area (Å²) >= 11 is 0. The van der Waals surface area contributed by atoms with E-state index in [1.165, 1.54) is 12.0 Å². The van der Waals surface area contributed by atoms with Gasteiger partial charge in [0.25, 0.3) is 0 Å². The predicted molar refractivity (Wildman–Crippen MR) is 138 cm³/mol. The van der Waals surface area contributed by atoms with Crippen LogP contribution in [0.25, 0.3) is 0 Å². The molecular weight excluding hydrogens is 454 g/mol. The Morgan fingerprint density at radius 2 is 1.83 bits per heavy atom. The van der Waals surface area contributed by atoms with Crippen molar-refractivity contribution in [1.82, 2.24) is 10.2 Å². The summed E-state index contributed by atoms with van der Waals surface area (Å²) in [6.45, 7) is 6.81. The van der Waals surface area contributed by atoms with E-state index in [9.17, 15) is 14.4 Å². The van der Waals surface area contributed by atoms with Crippen LogP contribution >= 0.6 is 0 Å². The largest absolute Gasteiger partial charge is 0.359 e. The molecule has 5 rings (SSSR count). The smallest absolute Gasteiger partial charge is 0.246 e. The summed E-state index contributed by atoms with van der Waals surface area (Å²) in [5.41, 5.74) is 0.810. The van der Waals surface area contributed by atoms with Gasteiger partial charge in [-0.1, -0.05) is 70.7 Å². The number of nitrogens with one attached hydrogen (secondary N) is 2. The van der Waals surface area contributed by atoms with Crippen LogP contribution < -0.4 is 10.6 Å². The average Bonchev–Trinajstić information content (AvgIpc) is 3.51. The fourth-order valence-corrected chi connectivity index (χ4v) is 6.54. The monoisotopic (exact) mass is 493 g/mol. The van der Waals surface area contributed by atoms with Crippen LogP contribution in [0.3, 0.4) is 0 Å². The summed E-state index contributed by atoms with van der Waals surface area (Å²) in [4.78, 5) is 42.7. The molecular formula is C29H39N3O4. The number of amides is 3. The van der Waals surface area contributed by atoms with Crippen LogP contribution in [0, 0.1) is 11.8 Å². The quantitative estimate of drug-likeness (QED) is 0.533. The van der Waals surface area contributed by atoms with Crippen LogP contribution in [0.4, 0.5) is 5.69 Å². The molecule has 3 fully saturated rings. The molecule has 0 aromatic heterocycles. The number of ether oxygens (including phenoxy) is 1. The van der Waals surface area contributed by atoms with Crippen molar-refractivity contribution in [3.8, 4) is 0 Å². The van der Waals surface area contributed by atoms with E-state index in [4.69, 9.17) is 4.74 Å². The Hall–Kier alpha value is -2.67. The lowest BCUT2D eigenvalue weighted by atomic mass is 9.74. The van der Waals surface area contributed by atoms with E-state index in [-0.39, 0.29) is 23.8 Å². The fourth-order valence-electron chi connectivity index (χ4n) is 6.54. The first kappa shape index (κ1) is 25.0. The van der Waals surface area contributed by atoms with Crippen molar-refractivity contribution >= 4 is 23.4 Å². The van der Waals surface area contributed by atoms with Crippen molar-refractivity contribution < 1.29 is 19.1 Å². The van der Waals surface area contributed by atoms with E-state index >= 15 is 0 Å². The molecule has 7 nitrogen and oxygen atoms in total. The number of likely N-dealkylation sites (tertiary alicyclic amines) is 1. The Morgan fingerprint density at radius 3 is 2.50 bits per heavy atom. The second-order valence-electron chi connectivity index (χ2n) is 11.2. The van der Waals surface area contributed by atoms with E-state index < -0.39 is 29.6 Å². The molecule has 3 heterocycles. The molecule has 36 heavy (non-hydrogen) atoms. The van der Waals surface area contributed by atoms with Gasteiger partial charge in [0.2, 0.25) is 17.7 Å². The topological polar surface area (TPSA) is 87.7 Å². The third-order valence-electron chi connectivity index (χ3n) is 8.47. The Kier molecular flexibility index (Phi) is 6.95. The van der Waals surface area contributed by atoms with Crippen molar-refractivity contribution in [1.29, 1.82) is 0 Å². The molecule has 1 saturated carbocycles. The maximum Gasteiger partial charge on any atom is 0.246 e. The summed E-state index contributed by atoms with van der Waals surface area (Å²) in [6, 6.07) is 7.22. The number of nitrogens with zero attached hydrogens (tertiary/aromatic N) is 1. The normalized spacial score (nSPS) is 31.2. The Balaban J connectivity index is 1.39. The Morgan fingerprint density at radius 1 is 1.11 bits per heavy atom. The van der Waals surface area contributed by atoms with Crippen molar-refractivity contribution in [2.75, 3.05) is 11.9 Å². The summed E-state index contributed by atoms with van der Waals surface area (Å²) < 4.78 is 6.41. The van der Waals surface area contributed by atoms with Gasteiger partial charge in [0.05, 0.1) is 17.9 Å². The second kappa shape index (κ2) is 10.0. The zero-order chi connectivity index (χ0) is 25.4. The van der Waals surface area contributed by atoms with E-state index in [1.54, 1.807) is 4.90 Å². The van der Waals surface area contributed by atoms with Crippen molar-refractivity contribution in [2.45, 2.75) is 95.4 Å². The SMILES string of the molecule is CCCCN1C(=O)[C@@H]2[C@@H](C(=O)Nc3ccc(C(C)C)cc3)[C@@H]3C=C[C@@]2(O3)[C@H]1C(=O)NC1CCCCC1. The van der Waals surface area contributed by atoms with Gasteiger partial charge in [-0.15, -0.1) is 0 Å². The lowest BCUT2D eigenvalue weighted by Gasteiger charge is -2.34. The van der Waals surface area contributed by atoms with Gasteiger partial charge in [-0.05, 0) is 42.9 Å². The molecule has 3 aliphatic heterocycles. The first-order chi connectivity index (χ1) is 17.4. The van der Waals surface area contributed by atoms with Crippen molar-refractivity contribution in [3.63, 3.8) is 0 Å². The number of hydrogen-bond donors (Lipinski definition) is 2. The van der Waals surface area contributed by atoms with Gasteiger partial charge in [-0.25, -0.2) is 0 Å². The van der Waals surface area contributed by atoms with Gasteiger partial charge in [-0.3, -0.25) is 14.4 Å². The maximum atomic E-state index is 13.8. The zero-order valence-electron chi connectivity index (χ0n) is 21.7. The predicted octanol–water partition coefficient (Wildman–Crippen LogP) is 4.15. The van der Waals surface area contributed by atoms with Crippen LogP contribution in [-0.2, 0) is 19.1 Å². The minimum atomic E-state index is -1.09. The fraction of sp³-hybridized carbons (Fsp3) is 0.621. The highest BCUT2D eigenvalue weighted by Gasteiger charge is 2.72. The number of anilines is 1. The molecule has 3 amide bonds. The third kappa shape index (κ3) is 4.25. The van der Waals surface area contributed by atoms with Crippen molar-refractivity contribution in [3.05, 3.63) is 42.0 Å². The van der Waals surface area contributed by atoms with Gasteiger partial charge in [0.1, 0.15) is 11.6 Å². The summed E-state index contributed by atoms with van der Waals surface area (Å²) in [5.74, 6) is -1.48. The van der Waals surface area contributed by atoms with Gasteiger partial charge in [-0.2, -0.15) is 0 Å². The molecule has 0 unspecified atom stereocenters. The summed E-state index contributed by atoms with van der Waals surface area (Å²) in [6.07, 6.45) is 10.3. The average molecular weight is 494 g/mol. The molecule has 0 radical (unpaired) electrons. The number of rotatable bonds is 8. The highest BCUT2D eigenvalue weighted by atomic mass is 16.5. The van der Waals surface area contributed by atoms with E-state index in [0.717, 1.165) is 38.5 Å². The molecule has 2 bridgehead atoms. The Bertz CT molecular complexity index is 1030. The minimum Gasteiger partial charge on any atom is -0.359 e. The Labute approximate surface area is 214 Å². The van der Waals surface area contributed by atoms with E-state index in [0.29, 0.717) is 18.2 Å². The molecule has 7 heteroatoms. The lowest BCUT2D eigenvalue weighted by Crippen LogP contribution is -2.56. The molecule has 4 aliphatic rings. The molecule has 1 spiro atoms. The highest BCUT2D eigenvalue weighted by Crippen LogP contribution is 2.55. The first-order valence-electron chi connectivity index (χ1n) is 13.7. The van der Waals surface area contributed by atoms with Gasteiger partial charge in [0, 0.05) is 18.3 Å². The molecule has 1 aromatic rings. The lowest BCUT2D eigenvalue weighted by molar-refractivity contribution is -0.141.